The molecule has 0 saturated heterocycles. The van der Waals surface area contributed by atoms with Gasteiger partial charge in [-0.1, -0.05) is 37.3 Å². The number of hydrogen-bond acceptors (Lipinski definition) is 3. The van der Waals surface area contributed by atoms with Crippen LogP contribution in [0.2, 0.25) is 0 Å². The quantitative estimate of drug-likeness (QED) is 0.527. The summed E-state index contributed by atoms with van der Waals surface area (Å²) in [6, 6.07) is 22.2. The molecule has 1 aromatic heterocycles. The first-order valence-electron chi connectivity index (χ1n) is 9.53. The van der Waals surface area contributed by atoms with Gasteiger partial charge in [-0.05, 0) is 48.4 Å². The monoisotopic (exact) mass is 366 g/mol. The maximum Gasteiger partial charge on any atom is 0.276 e. The molecule has 0 aliphatic carbocycles. The van der Waals surface area contributed by atoms with E-state index in [0.29, 0.717) is 0 Å². The number of rotatable bonds is 1. The zero-order chi connectivity index (χ0) is 18.9. The Labute approximate surface area is 162 Å². The van der Waals surface area contributed by atoms with Crippen molar-refractivity contribution in [2.75, 3.05) is 10.6 Å². The Bertz CT molecular complexity index is 1290. The Kier molecular flexibility index (Phi) is 2.88. The number of carbonyl (C=O) groups is 1. The van der Waals surface area contributed by atoms with Crippen molar-refractivity contribution >= 4 is 28.3 Å². The standard InChI is InChI=1S/C23H18N4O/c1-2-14-11-12-18-16(13-14)23(22(28)25-18)26-17-8-4-3-7-15(17)21-24-19-9-5-6-10-20(19)27(21)23/h3-13,26H,2H2,1H3,(H,25,28). The molecule has 3 heterocycles. The molecule has 28 heavy (non-hydrogen) atoms. The molecule has 5 nitrogen and oxygen atoms in total. The fourth-order valence-electron chi connectivity index (χ4n) is 4.48. The van der Waals surface area contributed by atoms with Crippen molar-refractivity contribution < 1.29 is 4.79 Å². The van der Waals surface area contributed by atoms with Gasteiger partial charge in [-0.2, -0.15) is 0 Å². The molecule has 4 aromatic rings. The van der Waals surface area contributed by atoms with Crippen LogP contribution in [0.15, 0.2) is 66.7 Å². The summed E-state index contributed by atoms with van der Waals surface area (Å²) in [5, 5.41) is 6.66. The van der Waals surface area contributed by atoms with E-state index in [-0.39, 0.29) is 5.91 Å². The minimum absolute atomic E-state index is 0.0883. The van der Waals surface area contributed by atoms with Gasteiger partial charge in [0.05, 0.1) is 11.0 Å². The molecular weight excluding hydrogens is 348 g/mol. The van der Waals surface area contributed by atoms with E-state index in [9.17, 15) is 4.79 Å². The molecule has 1 amide bonds. The Morgan fingerprint density at radius 3 is 2.71 bits per heavy atom. The van der Waals surface area contributed by atoms with Gasteiger partial charge >= 0.3 is 0 Å². The fourth-order valence-corrected chi connectivity index (χ4v) is 4.48. The van der Waals surface area contributed by atoms with Crippen molar-refractivity contribution in [1.29, 1.82) is 0 Å². The molecule has 3 aromatic carbocycles. The van der Waals surface area contributed by atoms with Gasteiger partial charge in [0, 0.05) is 22.5 Å². The van der Waals surface area contributed by atoms with Crippen molar-refractivity contribution in [3.8, 4) is 11.4 Å². The minimum atomic E-state index is -1.06. The van der Waals surface area contributed by atoms with Gasteiger partial charge < -0.3 is 10.6 Å². The summed E-state index contributed by atoms with van der Waals surface area (Å²) in [5.41, 5.74) is 5.65. The highest BCUT2D eigenvalue weighted by Gasteiger charge is 2.53. The number of hydrogen-bond donors (Lipinski definition) is 2. The van der Waals surface area contributed by atoms with Gasteiger partial charge in [0.15, 0.2) is 0 Å². The lowest BCUT2D eigenvalue weighted by Gasteiger charge is -2.37. The first kappa shape index (κ1) is 15.5. The third-order valence-corrected chi connectivity index (χ3v) is 5.84. The number of nitrogens with zero attached hydrogens (tertiary/aromatic N) is 2. The maximum absolute atomic E-state index is 13.5. The Morgan fingerprint density at radius 2 is 1.82 bits per heavy atom. The van der Waals surface area contributed by atoms with Gasteiger partial charge in [0.2, 0.25) is 5.66 Å². The molecule has 1 atom stereocenters. The van der Waals surface area contributed by atoms with Crippen LogP contribution in [0.25, 0.3) is 22.4 Å². The van der Waals surface area contributed by atoms with E-state index in [1.54, 1.807) is 0 Å². The number of para-hydroxylation sites is 3. The summed E-state index contributed by atoms with van der Waals surface area (Å²) >= 11 is 0. The number of aryl methyl sites for hydroxylation is 1. The Hall–Kier alpha value is -3.60. The van der Waals surface area contributed by atoms with Crippen molar-refractivity contribution in [2.24, 2.45) is 0 Å². The van der Waals surface area contributed by atoms with Gasteiger partial charge in [-0.15, -0.1) is 0 Å². The normalized spacial score (nSPS) is 19.1. The van der Waals surface area contributed by atoms with Gasteiger partial charge in [-0.25, -0.2) is 4.98 Å². The topological polar surface area (TPSA) is 59.0 Å². The average molecular weight is 366 g/mol. The van der Waals surface area contributed by atoms with Crippen LogP contribution in [-0.4, -0.2) is 15.5 Å². The number of benzene rings is 3. The molecule has 0 saturated carbocycles. The second-order valence-corrected chi connectivity index (χ2v) is 7.33. The van der Waals surface area contributed by atoms with Crippen LogP contribution < -0.4 is 10.6 Å². The van der Waals surface area contributed by atoms with Crippen LogP contribution in [0.3, 0.4) is 0 Å². The number of fused-ring (bicyclic) bond motifs is 8. The molecular formula is C23H18N4O. The first-order valence-corrected chi connectivity index (χ1v) is 9.53. The highest BCUT2D eigenvalue weighted by Crippen LogP contribution is 2.48. The molecule has 2 aliphatic rings. The third kappa shape index (κ3) is 1.76. The fraction of sp³-hybridized carbons (Fsp3) is 0.130. The SMILES string of the molecule is CCc1ccc2c(c1)C1(Nc3ccccc3-c3nc4ccccc4n31)C(=O)N2. The largest absolute Gasteiger partial charge is 0.350 e. The van der Waals surface area contributed by atoms with E-state index in [1.807, 2.05) is 54.6 Å². The zero-order valence-corrected chi connectivity index (χ0v) is 15.4. The number of aromatic nitrogens is 2. The Morgan fingerprint density at radius 1 is 1.00 bits per heavy atom. The number of amides is 1. The summed E-state index contributed by atoms with van der Waals surface area (Å²) in [6.07, 6.45) is 0.908. The van der Waals surface area contributed by atoms with E-state index in [2.05, 4.69) is 34.3 Å². The number of carbonyl (C=O) groups excluding carboxylic acids is 1. The van der Waals surface area contributed by atoms with Crippen molar-refractivity contribution in [2.45, 2.75) is 19.0 Å². The molecule has 136 valence electrons. The molecule has 0 bridgehead atoms. The summed E-state index contributed by atoms with van der Waals surface area (Å²) < 4.78 is 2.06. The molecule has 0 radical (unpaired) electrons. The Balaban J connectivity index is 1.77. The van der Waals surface area contributed by atoms with Crippen LogP contribution in [0, 0.1) is 0 Å². The summed E-state index contributed by atoms with van der Waals surface area (Å²) in [6.45, 7) is 2.13. The van der Waals surface area contributed by atoms with E-state index < -0.39 is 5.66 Å². The van der Waals surface area contributed by atoms with Crippen LogP contribution in [0.1, 0.15) is 18.1 Å². The van der Waals surface area contributed by atoms with Crippen LogP contribution >= 0.6 is 0 Å². The lowest BCUT2D eigenvalue weighted by Crippen LogP contribution is -2.50. The van der Waals surface area contributed by atoms with E-state index in [0.717, 1.165) is 45.8 Å². The second kappa shape index (κ2) is 5.23. The van der Waals surface area contributed by atoms with Crippen molar-refractivity contribution in [3.05, 3.63) is 77.9 Å². The minimum Gasteiger partial charge on any atom is -0.350 e. The lowest BCUT2D eigenvalue weighted by atomic mass is 9.93. The molecule has 0 fully saturated rings. The average Bonchev–Trinajstić information content (AvgIpc) is 3.25. The summed E-state index contributed by atoms with van der Waals surface area (Å²) in [5.74, 6) is 0.718. The van der Waals surface area contributed by atoms with Crippen LogP contribution in [-0.2, 0) is 16.9 Å². The van der Waals surface area contributed by atoms with Crippen molar-refractivity contribution in [1.82, 2.24) is 9.55 Å². The van der Waals surface area contributed by atoms with Crippen LogP contribution in [0.4, 0.5) is 11.4 Å². The third-order valence-electron chi connectivity index (χ3n) is 5.84. The van der Waals surface area contributed by atoms with Crippen molar-refractivity contribution in [3.63, 3.8) is 0 Å². The highest BCUT2D eigenvalue weighted by molar-refractivity contribution is 6.10. The highest BCUT2D eigenvalue weighted by atomic mass is 16.2. The molecule has 2 N–H and O–H groups in total. The number of imidazole rings is 1. The predicted molar refractivity (Wildman–Crippen MR) is 110 cm³/mol. The van der Waals surface area contributed by atoms with Crippen LogP contribution in [0.5, 0.6) is 0 Å². The summed E-state index contributed by atoms with van der Waals surface area (Å²) in [4.78, 5) is 18.4. The second-order valence-electron chi connectivity index (χ2n) is 7.33. The van der Waals surface area contributed by atoms with E-state index in [4.69, 9.17) is 4.98 Å². The molecule has 6 rings (SSSR count). The lowest BCUT2D eigenvalue weighted by molar-refractivity contribution is -0.120. The molecule has 2 aliphatic heterocycles. The van der Waals surface area contributed by atoms with E-state index >= 15 is 0 Å². The maximum atomic E-state index is 13.5. The molecule has 5 heteroatoms. The van der Waals surface area contributed by atoms with Gasteiger partial charge in [0.1, 0.15) is 5.82 Å². The van der Waals surface area contributed by atoms with Gasteiger partial charge in [0.25, 0.3) is 5.91 Å². The zero-order valence-electron chi connectivity index (χ0n) is 15.4. The number of nitrogens with one attached hydrogen (secondary N) is 2. The van der Waals surface area contributed by atoms with Gasteiger partial charge in [-0.3, -0.25) is 9.36 Å². The summed E-state index contributed by atoms with van der Waals surface area (Å²) in [7, 11) is 0. The smallest absolute Gasteiger partial charge is 0.276 e. The first-order chi connectivity index (χ1) is 13.7. The molecule has 1 unspecified atom stereocenters. The van der Waals surface area contributed by atoms with E-state index in [1.165, 1.54) is 5.56 Å². The predicted octanol–water partition coefficient (Wildman–Crippen LogP) is 4.34. The number of anilines is 2. The molecule has 1 spiro atoms.